The van der Waals surface area contributed by atoms with E-state index in [0.29, 0.717) is 23.3 Å². The van der Waals surface area contributed by atoms with Gasteiger partial charge in [0.15, 0.2) is 5.13 Å². The van der Waals surface area contributed by atoms with Gasteiger partial charge >= 0.3 is 0 Å². The number of aryl methyl sites for hydroxylation is 1. The maximum Gasteiger partial charge on any atom is 0.259 e. The summed E-state index contributed by atoms with van der Waals surface area (Å²) in [4.78, 5) is 19.7. The minimum atomic E-state index is -4.11. The third-order valence-corrected chi connectivity index (χ3v) is 8.62. The molecule has 11 heteroatoms. The zero-order valence-corrected chi connectivity index (χ0v) is 19.8. The van der Waals surface area contributed by atoms with E-state index in [1.165, 1.54) is 15.6 Å². The van der Waals surface area contributed by atoms with E-state index in [4.69, 9.17) is 4.74 Å². The van der Waals surface area contributed by atoms with E-state index in [1.807, 2.05) is 11.8 Å². The molecular formula is C21H27FN4O4S2. The Balaban J connectivity index is 1.71. The van der Waals surface area contributed by atoms with E-state index < -0.39 is 26.6 Å². The molecule has 2 fully saturated rings. The summed E-state index contributed by atoms with van der Waals surface area (Å²) in [7, 11) is -2.32. The van der Waals surface area contributed by atoms with Crippen molar-refractivity contribution < 1.29 is 22.3 Å². The number of hydrogen-bond donors (Lipinski definition) is 1. The summed E-state index contributed by atoms with van der Waals surface area (Å²) in [5.41, 5.74) is 0.467. The van der Waals surface area contributed by atoms with E-state index in [0.717, 1.165) is 36.3 Å². The molecule has 0 radical (unpaired) electrons. The zero-order chi connectivity index (χ0) is 22.9. The largest absolute Gasteiger partial charge is 0.379 e. The molecule has 1 aliphatic heterocycles. The lowest BCUT2D eigenvalue weighted by Crippen LogP contribution is -2.41. The average molecular weight is 483 g/mol. The monoisotopic (exact) mass is 482 g/mol. The van der Waals surface area contributed by atoms with Gasteiger partial charge in [0.1, 0.15) is 10.7 Å². The van der Waals surface area contributed by atoms with Crippen LogP contribution >= 0.6 is 11.3 Å². The minimum Gasteiger partial charge on any atom is -0.379 e. The maximum absolute atomic E-state index is 15.1. The number of carbonyl (C=O) groups is 1. The molecule has 0 unspecified atom stereocenters. The highest BCUT2D eigenvalue weighted by atomic mass is 32.2. The second kappa shape index (κ2) is 9.42. The van der Waals surface area contributed by atoms with Crippen LogP contribution in [0.2, 0.25) is 0 Å². The number of carbonyl (C=O) groups excluding carboxylic acids is 1. The van der Waals surface area contributed by atoms with Gasteiger partial charge in [-0.2, -0.15) is 4.31 Å². The van der Waals surface area contributed by atoms with Crippen molar-refractivity contribution in [2.75, 3.05) is 50.1 Å². The van der Waals surface area contributed by atoms with Gasteiger partial charge in [0.2, 0.25) is 10.0 Å². The number of hydrogen-bond acceptors (Lipinski definition) is 7. The van der Waals surface area contributed by atoms with E-state index in [9.17, 15) is 13.2 Å². The molecule has 4 rings (SSSR count). The summed E-state index contributed by atoms with van der Waals surface area (Å²) >= 11 is 1.36. The molecule has 1 aromatic carbocycles. The Kier molecular flexibility index (Phi) is 6.80. The van der Waals surface area contributed by atoms with Crippen LogP contribution in [0.4, 0.5) is 15.2 Å². The third-order valence-electron chi connectivity index (χ3n) is 5.65. The zero-order valence-electron chi connectivity index (χ0n) is 18.1. The third kappa shape index (κ3) is 4.95. The van der Waals surface area contributed by atoms with Crippen LogP contribution in [0.3, 0.4) is 0 Å². The molecule has 1 aliphatic carbocycles. The number of thiazole rings is 1. The first-order valence-electron chi connectivity index (χ1n) is 10.7. The van der Waals surface area contributed by atoms with Crippen molar-refractivity contribution in [3.8, 4) is 0 Å². The van der Waals surface area contributed by atoms with Gasteiger partial charge < -0.3 is 9.64 Å². The van der Waals surface area contributed by atoms with Gasteiger partial charge in [-0.25, -0.2) is 17.8 Å². The summed E-state index contributed by atoms with van der Waals surface area (Å²) in [6.07, 6.45) is 4.67. The van der Waals surface area contributed by atoms with Crippen molar-refractivity contribution in [1.82, 2.24) is 9.29 Å². The lowest BCUT2D eigenvalue weighted by atomic mass is 10.1. The average Bonchev–Trinajstić information content (AvgIpc) is 3.48. The number of benzene rings is 1. The van der Waals surface area contributed by atoms with Crippen molar-refractivity contribution in [3.63, 3.8) is 0 Å². The second-order valence-corrected chi connectivity index (χ2v) is 11.1. The molecular weight excluding hydrogens is 455 g/mol. The second-order valence-electron chi connectivity index (χ2n) is 8.08. The quantitative estimate of drug-likeness (QED) is 0.622. The van der Waals surface area contributed by atoms with Crippen molar-refractivity contribution in [1.29, 1.82) is 0 Å². The van der Waals surface area contributed by atoms with Gasteiger partial charge in [-0.3, -0.25) is 10.1 Å². The molecule has 8 nitrogen and oxygen atoms in total. The Bertz CT molecular complexity index is 1100. The smallest absolute Gasteiger partial charge is 0.259 e. The van der Waals surface area contributed by atoms with E-state index >= 15 is 4.39 Å². The highest BCUT2D eigenvalue weighted by molar-refractivity contribution is 7.89. The van der Waals surface area contributed by atoms with Gasteiger partial charge in [-0.05, 0) is 37.3 Å². The van der Waals surface area contributed by atoms with Gasteiger partial charge in [0.05, 0.1) is 24.5 Å². The summed E-state index contributed by atoms with van der Waals surface area (Å²) in [5.74, 6) is -0.881. The lowest BCUT2D eigenvalue weighted by Gasteiger charge is -2.27. The first kappa shape index (κ1) is 23.1. The lowest BCUT2D eigenvalue weighted by molar-refractivity contribution is 0.0729. The standard InChI is InChI=1S/C21H27FN4O4S2/c1-3-15-12-23-21(31-15)24-20(27)16-10-19(32(28,29)26-6-8-30-9-7-26)17(22)11-18(16)25(2)13-14-4-5-14/h10-12,14H,3-9,13H2,1-2H3,(H,23,24,27). The number of amides is 1. The molecule has 32 heavy (non-hydrogen) atoms. The topological polar surface area (TPSA) is 91.8 Å². The molecule has 1 N–H and O–H groups in total. The number of halogens is 1. The van der Waals surface area contributed by atoms with E-state index in [1.54, 1.807) is 13.2 Å². The van der Waals surface area contributed by atoms with Crippen LogP contribution in [0.25, 0.3) is 0 Å². The summed E-state index contributed by atoms with van der Waals surface area (Å²) < 4.78 is 47.8. The van der Waals surface area contributed by atoms with Gasteiger partial charge in [-0.1, -0.05) is 6.92 Å². The van der Waals surface area contributed by atoms with Crippen LogP contribution in [0.1, 0.15) is 35.0 Å². The number of nitrogens with zero attached hydrogens (tertiary/aromatic N) is 3. The van der Waals surface area contributed by atoms with Crippen molar-refractivity contribution in [3.05, 3.63) is 34.6 Å². The minimum absolute atomic E-state index is 0.106. The Hall–Kier alpha value is -2.08. The van der Waals surface area contributed by atoms with Gasteiger partial charge in [-0.15, -0.1) is 11.3 Å². The predicted octanol–water partition coefficient (Wildman–Crippen LogP) is 2.96. The van der Waals surface area contributed by atoms with Crippen molar-refractivity contribution in [2.45, 2.75) is 31.1 Å². The van der Waals surface area contributed by atoms with Crippen LogP contribution < -0.4 is 10.2 Å². The van der Waals surface area contributed by atoms with Crippen molar-refractivity contribution in [2.24, 2.45) is 5.92 Å². The van der Waals surface area contributed by atoms with E-state index in [2.05, 4.69) is 10.3 Å². The number of aromatic nitrogens is 1. The Morgan fingerprint density at radius 3 is 2.69 bits per heavy atom. The molecule has 2 aromatic rings. The SMILES string of the molecule is CCc1cnc(NC(=O)c2cc(S(=O)(=O)N3CCOCC3)c(F)cc2N(C)CC2CC2)s1. The summed E-state index contributed by atoms with van der Waals surface area (Å²) in [6, 6.07) is 2.31. The molecule has 174 valence electrons. The molecule has 0 spiro atoms. The molecule has 1 amide bonds. The fraction of sp³-hybridized carbons (Fsp3) is 0.524. The highest BCUT2D eigenvalue weighted by Gasteiger charge is 2.32. The fourth-order valence-corrected chi connectivity index (χ4v) is 5.87. The maximum atomic E-state index is 15.1. The first-order valence-corrected chi connectivity index (χ1v) is 12.9. The molecule has 2 heterocycles. The number of ether oxygens (including phenoxy) is 1. The number of anilines is 2. The van der Waals surface area contributed by atoms with E-state index in [-0.39, 0.29) is 31.9 Å². The first-order chi connectivity index (χ1) is 15.3. The Labute approximate surface area is 191 Å². The molecule has 1 saturated heterocycles. The predicted molar refractivity (Wildman–Crippen MR) is 121 cm³/mol. The van der Waals surface area contributed by atoms with Crippen LogP contribution in [-0.2, 0) is 21.2 Å². The highest BCUT2D eigenvalue weighted by Crippen LogP contribution is 2.34. The molecule has 2 aliphatic rings. The molecule has 0 bridgehead atoms. The van der Waals surface area contributed by atoms with Gasteiger partial charge in [0, 0.05) is 37.8 Å². The Morgan fingerprint density at radius 1 is 1.34 bits per heavy atom. The normalized spacial score (nSPS) is 17.3. The molecule has 0 atom stereocenters. The number of sulfonamides is 1. The number of rotatable bonds is 8. The number of nitrogens with one attached hydrogen (secondary N) is 1. The summed E-state index contributed by atoms with van der Waals surface area (Å²) in [6.45, 7) is 3.46. The van der Waals surface area contributed by atoms with Crippen LogP contribution in [0, 0.1) is 11.7 Å². The van der Waals surface area contributed by atoms with Crippen LogP contribution in [0.15, 0.2) is 23.2 Å². The summed E-state index contributed by atoms with van der Waals surface area (Å²) in [5, 5.41) is 3.17. The molecule has 1 aromatic heterocycles. The van der Waals surface area contributed by atoms with Crippen LogP contribution in [-0.4, -0.2) is 63.5 Å². The van der Waals surface area contributed by atoms with Crippen molar-refractivity contribution >= 4 is 38.1 Å². The van der Waals surface area contributed by atoms with Crippen LogP contribution in [0.5, 0.6) is 0 Å². The molecule has 1 saturated carbocycles. The Morgan fingerprint density at radius 2 is 2.06 bits per heavy atom. The number of morpholine rings is 1. The van der Waals surface area contributed by atoms with Gasteiger partial charge in [0.25, 0.3) is 5.91 Å². The fourth-order valence-electron chi connectivity index (χ4n) is 3.64.